The quantitative estimate of drug-likeness (QED) is 0.281. The fourth-order valence-corrected chi connectivity index (χ4v) is 4.02. The van der Waals surface area contributed by atoms with Crippen molar-refractivity contribution in [3.8, 4) is 11.3 Å². The standard InChI is InChI=1S/C23H19ClN4O6/c24-19-15-16(27(30)31)5-8-21(19)25-11-13-26(14-12-25)23(29)10-7-17-6-9-22(34-17)18-3-1-2-4-20(18)28(32)33/h1-10,15H,11-14H2. The number of hydrogen-bond donors (Lipinski definition) is 0. The van der Waals surface area contributed by atoms with Crippen LogP contribution < -0.4 is 4.90 Å². The van der Waals surface area contributed by atoms with E-state index < -0.39 is 9.85 Å². The van der Waals surface area contributed by atoms with Crippen molar-refractivity contribution in [1.29, 1.82) is 0 Å². The van der Waals surface area contributed by atoms with Gasteiger partial charge in [-0.25, -0.2) is 0 Å². The molecule has 1 aliphatic heterocycles. The summed E-state index contributed by atoms with van der Waals surface area (Å²) in [4.78, 5) is 37.4. The number of nitrogens with zero attached hydrogens (tertiary/aromatic N) is 4. The summed E-state index contributed by atoms with van der Waals surface area (Å²) >= 11 is 6.21. The number of nitro benzene ring substituents is 2. The molecule has 0 spiro atoms. The maximum atomic E-state index is 12.6. The van der Waals surface area contributed by atoms with Crippen LogP contribution in [0, 0.1) is 20.2 Å². The second kappa shape index (κ2) is 9.75. The van der Waals surface area contributed by atoms with Gasteiger partial charge >= 0.3 is 0 Å². The van der Waals surface area contributed by atoms with E-state index in [1.807, 2.05) is 4.90 Å². The zero-order valence-electron chi connectivity index (χ0n) is 17.8. The molecule has 0 saturated carbocycles. The minimum atomic E-state index is -0.498. The first-order valence-electron chi connectivity index (χ1n) is 10.3. The van der Waals surface area contributed by atoms with Gasteiger partial charge in [-0.2, -0.15) is 0 Å². The Morgan fingerprint density at radius 3 is 2.38 bits per heavy atom. The second-order valence-corrected chi connectivity index (χ2v) is 7.92. The maximum absolute atomic E-state index is 12.6. The van der Waals surface area contributed by atoms with E-state index in [4.69, 9.17) is 16.0 Å². The predicted molar refractivity (Wildman–Crippen MR) is 127 cm³/mol. The van der Waals surface area contributed by atoms with Crippen LogP contribution in [-0.2, 0) is 4.79 Å². The van der Waals surface area contributed by atoms with E-state index >= 15 is 0 Å². The van der Waals surface area contributed by atoms with Gasteiger partial charge in [-0.1, -0.05) is 23.7 Å². The van der Waals surface area contributed by atoms with E-state index in [2.05, 4.69) is 0 Å². The van der Waals surface area contributed by atoms with E-state index in [1.165, 1.54) is 30.4 Å². The molecule has 0 aliphatic carbocycles. The van der Waals surface area contributed by atoms with Crippen LogP contribution in [0.2, 0.25) is 5.02 Å². The highest BCUT2D eigenvalue weighted by molar-refractivity contribution is 6.33. The number of anilines is 1. The third-order valence-electron chi connectivity index (χ3n) is 5.46. The zero-order chi connectivity index (χ0) is 24.2. The summed E-state index contributed by atoms with van der Waals surface area (Å²) in [6, 6.07) is 13.9. The van der Waals surface area contributed by atoms with Gasteiger partial charge in [-0.3, -0.25) is 25.0 Å². The highest BCUT2D eigenvalue weighted by Gasteiger charge is 2.22. The SMILES string of the molecule is O=C(C=Cc1ccc(-c2ccccc2[N+](=O)[O-])o1)N1CCN(c2ccc([N+](=O)[O-])cc2Cl)CC1. The van der Waals surface area contributed by atoms with Crippen molar-refractivity contribution < 1.29 is 19.1 Å². The lowest BCUT2D eigenvalue weighted by molar-refractivity contribution is -0.384. The number of carbonyl (C=O) groups is 1. The third-order valence-corrected chi connectivity index (χ3v) is 5.76. The summed E-state index contributed by atoms with van der Waals surface area (Å²) in [5.41, 5.74) is 0.914. The largest absolute Gasteiger partial charge is 0.456 e. The fraction of sp³-hybridized carbons (Fsp3) is 0.174. The Kier molecular flexibility index (Phi) is 6.60. The Hall–Kier alpha value is -4.18. The van der Waals surface area contributed by atoms with Crippen molar-refractivity contribution in [3.05, 3.63) is 91.7 Å². The number of rotatable bonds is 6. The molecule has 0 N–H and O–H groups in total. The molecule has 1 aliphatic rings. The molecular weight excluding hydrogens is 464 g/mol. The van der Waals surface area contributed by atoms with Gasteiger partial charge in [0.2, 0.25) is 5.91 Å². The number of piperazine rings is 1. The lowest BCUT2D eigenvalue weighted by Gasteiger charge is -2.36. The maximum Gasteiger partial charge on any atom is 0.280 e. The van der Waals surface area contributed by atoms with Crippen LogP contribution in [-0.4, -0.2) is 46.8 Å². The Morgan fingerprint density at radius 1 is 0.971 bits per heavy atom. The van der Waals surface area contributed by atoms with Crippen molar-refractivity contribution in [2.24, 2.45) is 0 Å². The van der Waals surface area contributed by atoms with E-state index in [-0.39, 0.29) is 17.3 Å². The molecule has 0 bridgehead atoms. The zero-order valence-corrected chi connectivity index (χ0v) is 18.6. The van der Waals surface area contributed by atoms with Crippen molar-refractivity contribution in [2.45, 2.75) is 0 Å². The molecule has 4 rings (SSSR count). The van der Waals surface area contributed by atoms with Gasteiger partial charge in [0.25, 0.3) is 11.4 Å². The average molecular weight is 483 g/mol. The number of benzene rings is 2. The van der Waals surface area contributed by atoms with Gasteiger partial charge in [0.05, 0.1) is 26.1 Å². The van der Waals surface area contributed by atoms with Crippen molar-refractivity contribution in [2.75, 3.05) is 31.1 Å². The molecule has 0 atom stereocenters. The highest BCUT2D eigenvalue weighted by Crippen LogP contribution is 2.32. The number of carbonyl (C=O) groups excluding carboxylic acids is 1. The van der Waals surface area contributed by atoms with E-state index in [0.717, 1.165) is 0 Å². The van der Waals surface area contributed by atoms with E-state index in [0.29, 0.717) is 54.0 Å². The van der Waals surface area contributed by atoms with Crippen LogP contribution in [0.3, 0.4) is 0 Å². The minimum absolute atomic E-state index is 0.0607. The molecular formula is C23H19ClN4O6. The molecule has 10 nitrogen and oxygen atoms in total. The lowest BCUT2D eigenvalue weighted by Crippen LogP contribution is -2.48. The molecule has 0 unspecified atom stereocenters. The van der Waals surface area contributed by atoms with Crippen LogP contribution in [0.4, 0.5) is 17.1 Å². The number of furan rings is 1. The molecule has 1 aromatic heterocycles. The number of non-ortho nitro benzene ring substituents is 1. The summed E-state index contributed by atoms with van der Waals surface area (Å²) in [6.07, 6.45) is 2.93. The second-order valence-electron chi connectivity index (χ2n) is 7.51. The summed E-state index contributed by atoms with van der Waals surface area (Å²) in [5.74, 6) is 0.545. The molecule has 1 fully saturated rings. The molecule has 0 radical (unpaired) electrons. The number of nitro groups is 2. The molecule has 2 heterocycles. The number of hydrogen-bond acceptors (Lipinski definition) is 7. The molecule has 2 aromatic carbocycles. The average Bonchev–Trinajstić information content (AvgIpc) is 3.31. The highest BCUT2D eigenvalue weighted by atomic mass is 35.5. The van der Waals surface area contributed by atoms with Gasteiger partial charge in [-0.15, -0.1) is 0 Å². The summed E-state index contributed by atoms with van der Waals surface area (Å²) < 4.78 is 5.68. The molecule has 1 saturated heterocycles. The van der Waals surface area contributed by atoms with Gasteiger partial charge in [-0.05, 0) is 30.3 Å². The monoisotopic (exact) mass is 482 g/mol. The smallest absolute Gasteiger partial charge is 0.280 e. The molecule has 34 heavy (non-hydrogen) atoms. The minimum Gasteiger partial charge on any atom is -0.456 e. The number of para-hydroxylation sites is 1. The van der Waals surface area contributed by atoms with Gasteiger partial charge < -0.3 is 14.2 Å². The molecule has 1 amide bonds. The van der Waals surface area contributed by atoms with E-state index in [9.17, 15) is 25.0 Å². The number of amides is 1. The van der Waals surface area contributed by atoms with Gasteiger partial charge in [0.1, 0.15) is 11.5 Å². The fourth-order valence-electron chi connectivity index (χ4n) is 3.72. The predicted octanol–water partition coefficient (Wildman–Crippen LogP) is 4.78. The Labute approximate surface area is 198 Å². The lowest BCUT2D eigenvalue weighted by atomic mass is 10.1. The van der Waals surface area contributed by atoms with Gasteiger partial charge in [0.15, 0.2) is 0 Å². The van der Waals surface area contributed by atoms with Crippen LogP contribution in [0.15, 0.2) is 65.1 Å². The normalized spacial score (nSPS) is 13.9. The first-order chi connectivity index (χ1) is 16.3. The number of halogens is 1. The Bertz CT molecular complexity index is 1280. The molecule has 11 heteroatoms. The summed E-state index contributed by atoms with van der Waals surface area (Å²) in [6.45, 7) is 1.96. The Morgan fingerprint density at radius 2 is 1.71 bits per heavy atom. The first kappa shape index (κ1) is 23.0. The summed E-state index contributed by atoms with van der Waals surface area (Å²) in [5, 5.41) is 22.4. The van der Waals surface area contributed by atoms with Crippen molar-refractivity contribution in [3.63, 3.8) is 0 Å². The summed E-state index contributed by atoms with van der Waals surface area (Å²) in [7, 11) is 0. The van der Waals surface area contributed by atoms with Crippen molar-refractivity contribution in [1.82, 2.24) is 4.90 Å². The van der Waals surface area contributed by atoms with Crippen LogP contribution >= 0.6 is 11.6 Å². The van der Waals surface area contributed by atoms with Crippen LogP contribution in [0.5, 0.6) is 0 Å². The van der Waals surface area contributed by atoms with E-state index in [1.54, 1.807) is 41.3 Å². The first-order valence-corrected chi connectivity index (χ1v) is 10.7. The molecule has 174 valence electrons. The third kappa shape index (κ3) is 4.91. The topological polar surface area (TPSA) is 123 Å². The van der Waals surface area contributed by atoms with Crippen LogP contribution in [0.25, 0.3) is 17.4 Å². The molecule has 3 aromatic rings. The Balaban J connectivity index is 1.37. The van der Waals surface area contributed by atoms with Crippen molar-refractivity contribution >= 4 is 40.6 Å². The van der Waals surface area contributed by atoms with Crippen LogP contribution in [0.1, 0.15) is 5.76 Å². The van der Waals surface area contributed by atoms with Gasteiger partial charge in [0, 0.05) is 50.5 Å².